The van der Waals surface area contributed by atoms with Gasteiger partial charge in [0.15, 0.2) is 0 Å². The first-order chi connectivity index (χ1) is 9.30. The van der Waals surface area contributed by atoms with Crippen molar-refractivity contribution in [3.8, 4) is 0 Å². The van der Waals surface area contributed by atoms with Gasteiger partial charge in [-0.2, -0.15) is 26.3 Å². The van der Waals surface area contributed by atoms with Crippen LogP contribution in [0.25, 0.3) is 6.08 Å². The Morgan fingerprint density at radius 2 is 1.48 bits per heavy atom. The summed E-state index contributed by atoms with van der Waals surface area (Å²) in [4.78, 5) is 0. The summed E-state index contributed by atoms with van der Waals surface area (Å²) in [5.74, 6) is 0. The van der Waals surface area contributed by atoms with Crippen molar-refractivity contribution in [2.45, 2.75) is 24.9 Å². The molecule has 0 spiro atoms. The van der Waals surface area contributed by atoms with Crippen LogP contribution in [0.4, 0.5) is 26.3 Å². The maximum Gasteiger partial charge on any atom is 0.430 e. The van der Waals surface area contributed by atoms with Crippen LogP contribution in [0, 0.1) is 0 Å². The number of rotatable bonds is 2. The van der Waals surface area contributed by atoms with Crippen LogP contribution in [0.5, 0.6) is 0 Å². The van der Waals surface area contributed by atoms with E-state index in [2.05, 4.69) is 0 Å². The van der Waals surface area contributed by atoms with Crippen LogP contribution >= 0.6 is 23.2 Å². The molecule has 0 aliphatic carbocycles. The number of aliphatic hydroxyl groups is 1. The highest BCUT2D eigenvalue weighted by Gasteiger charge is 2.71. The molecule has 0 bridgehead atoms. The van der Waals surface area contributed by atoms with Gasteiger partial charge in [-0.3, -0.25) is 0 Å². The molecule has 118 valence electrons. The summed E-state index contributed by atoms with van der Waals surface area (Å²) >= 11 is 11.2. The molecule has 0 fully saturated rings. The quantitative estimate of drug-likeness (QED) is 0.720. The third kappa shape index (κ3) is 3.46. The lowest BCUT2D eigenvalue weighted by Gasteiger charge is -2.33. The van der Waals surface area contributed by atoms with Gasteiger partial charge in [0.25, 0.3) is 5.60 Å². The van der Waals surface area contributed by atoms with Gasteiger partial charge in [-0.25, -0.2) is 0 Å². The number of halogens is 8. The van der Waals surface area contributed by atoms with Crippen molar-refractivity contribution in [1.82, 2.24) is 0 Å². The van der Waals surface area contributed by atoms with Crippen LogP contribution in [0.15, 0.2) is 23.8 Å². The summed E-state index contributed by atoms with van der Waals surface area (Å²) in [6, 6.07) is 3.47. The zero-order chi connectivity index (χ0) is 16.6. The number of hydrogen-bond donors (Lipinski definition) is 1. The standard InChI is InChI=1S/C12H8Cl2F6O/c1-6(4-7-2-3-8(13)9(14)5-7)10(21,11(15,16)17)12(18,19)20/h2-5,21H,1H3. The first kappa shape index (κ1) is 18.1. The largest absolute Gasteiger partial charge is 0.430 e. The first-order valence-corrected chi connectivity index (χ1v) is 6.06. The van der Waals surface area contributed by atoms with Crippen LogP contribution in [0.3, 0.4) is 0 Å². The highest BCUT2D eigenvalue weighted by molar-refractivity contribution is 6.42. The van der Waals surface area contributed by atoms with Crippen LogP contribution in [-0.2, 0) is 0 Å². The molecule has 1 aromatic carbocycles. The lowest BCUT2D eigenvalue weighted by atomic mass is 9.91. The van der Waals surface area contributed by atoms with Crippen molar-refractivity contribution in [2.24, 2.45) is 0 Å². The Morgan fingerprint density at radius 1 is 1.00 bits per heavy atom. The molecule has 0 aliphatic rings. The Kier molecular flexibility index (Phi) is 4.92. The zero-order valence-electron chi connectivity index (χ0n) is 10.3. The van der Waals surface area contributed by atoms with Gasteiger partial charge in [-0.1, -0.05) is 35.3 Å². The molecule has 0 radical (unpaired) electrons. The second-order valence-corrected chi connectivity index (χ2v) is 5.02. The summed E-state index contributed by atoms with van der Waals surface area (Å²) < 4.78 is 75.8. The van der Waals surface area contributed by atoms with Gasteiger partial charge in [0.2, 0.25) is 0 Å². The predicted molar refractivity (Wildman–Crippen MR) is 67.2 cm³/mol. The molecule has 9 heteroatoms. The maximum absolute atomic E-state index is 12.6. The fraction of sp³-hybridized carbons (Fsp3) is 0.333. The lowest BCUT2D eigenvalue weighted by molar-refractivity contribution is -0.351. The van der Waals surface area contributed by atoms with Gasteiger partial charge in [-0.15, -0.1) is 0 Å². The predicted octanol–water partition coefficient (Wildman–Crippen LogP) is 5.25. The van der Waals surface area contributed by atoms with Gasteiger partial charge < -0.3 is 5.11 Å². The molecule has 1 N–H and O–H groups in total. The molecular formula is C12H8Cl2F6O. The minimum Gasteiger partial charge on any atom is -0.370 e. The average Bonchev–Trinajstić information content (AvgIpc) is 2.29. The Labute approximate surface area is 125 Å². The van der Waals surface area contributed by atoms with Crippen molar-refractivity contribution >= 4 is 29.3 Å². The van der Waals surface area contributed by atoms with E-state index in [1.54, 1.807) is 0 Å². The van der Waals surface area contributed by atoms with E-state index in [9.17, 15) is 26.3 Å². The first-order valence-electron chi connectivity index (χ1n) is 5.30. The molecule has 0 unspecified atom stereocenters. The van der Waals surface area contributed by atoms with Gasteiger partial charge in [0, 0.05) is 0 Å². The highest BCUT2D eigenvalue weighted by atomic mass is 35.5. The third-order valence-corrected chi connectivity index (χ3v) is 3.46. The molecular weight excluding hydrogens is 345 g/mol. The van der Waals surface area contributed by atoms with E-state index in [-0.39, 0.29) is 15.6 Å². The molecule has 0 saturated heterocycles. The topological polar surface area (TPSA) is 20.2 Å². The Bertz CT molecular complexity index is 548. The smallest absolute Gasteiger partial charge is 0.370 e. The van der Waals surface area contributed by atoms with Crippen molar-refractivity contribution in [3.05, 3.63) is 39.4 Å². The summed E-state index contributed by atoms with van der Waals surface area (Å²) in [5.41, 5.74) is -6.33. The Hall–Kier alpha value is -0.920. The second-order valence-electron chi connectivity index (χ2n) is 4.21. The van der Waals surface area contributed by atoms with Crippen LogP contribution < -0.4 is 0 Å². The zero-order valence-corrected chi connectivity index (χ0v) is 11.8. The fourth-order valence-corrected chi connectivity index (χ4v) is 1.87. The molecule has 0 aromatic heterocycles. The van der Waals surface area contributed by atoms with Gasteiger partial charge in [0.05, 0.1) is 10.0 Å². The van der Waals surface area contributed by atoms with Crippen LogP contribution in [-0.4, -0.2) is 23.1 Å². The van der Waals surface area contributed by atoms with Crippen LogP contribution in [0.2, 0.25) is 10.0 Å². The molecule has 0 aliphatic heterocycles. The summed E-state index contributed by atoms with van der Waals surface area (Å²) in [6.07, 6.45) is -11.3. The average molecular weight is 353 g/mol. The maximum atomic E-state index is 12.6. The molecule has 1 nitrogen and oxygen atoms in total. The SMILES string of the molecule is CC(=Cc1ccc(Cl)c(Cl)c1)C(O)(C(F)(F)F)C(F)(F)F. The van der Waals surface area contributed by atoms with Crippen molar-refractivity contribution in [1.29, 1.82) is 0 Å². The molecule has 1 aromatic rings. The minimum atomic E-state index is -5.91. The monoisotopic (exact) mass is 352 g/mol. The number of hydrogen-bond acceptors (Lipinski definition) is 1. The third-order valence-electron chi connectivity index (χ3n) is 2.72. The molecule has 1 rings (SSSR count). The number of benzene rings is 1. The molecule has 0 saturated carbocycles. The van der Waals surface area contributed by atoms with E-state index in [1.807, 2.05) is 0 Å². The van der Waals surface area contributed by atoms with Gasteiger partial charge in [-0.05, 0) is 30.2 Å². The van der Waals surface area contributed by atoms with Gasteiger partial charge >= 0.3 is 12.4 Å². The van der Waals surface area contributed by atoms with Crippen LogP contribution in [0.1, 0.15) is 12.5 Å². The summed E-state index contributed by atoms with van der Waals surface area (Å²) in [7, 11) is 0. The molecule has 0 amide bonds. The normalized spacial score (nSPS) is 14.5. The van der Waals surface area contributed by atoms with E-state index in [0.717, 1.165) is 6.07 Å². The molecule has 0 heterocycles. The summed E-state index contributed by atoms with van der Waals surface area (Å²) in [6.45, 7) is 0.531. The van der Waals surface area contributed by atoms with Gasteiger partial charge in [0.1, 0.15) is 0 Å². The Balaban J connectivity index is 3.39. The summed E-state index contributed by atoms with van der Waals surface area (Å²) in [5, 5.41) is 9.21. The lowest BCUT2D eigenvalue weighted by Crippen LogP contribution is -2.57. The second kappa shape index (κ2) is 5.70. The highest BCUT2D eigenvalue weighted by Crippen LogP contribution is 2.47. The fourth-order valence-electron chi connectivity index (χ4n) is 1.56. The number of alkyl halides is 6. The van der Waals surface area contributed by atoms with Crippen molar-refractivity contribution in [3.63, 3.8) is 0 Å². The van der Waals surface area contributed by atoms with E-state index in [1.165, 1.54) is 12.1 Å². The molecule has 0 atom stereocenters. The van der Waals surface area contributed by atoms with E-state index >= 15 is 0 Å². The van der Waals surface area contributed by atoms with E-state index in [0.29, 0.717) is 13.0 Å². The van der Waals surface area contributed by atoms with Crippen molar-refractivity contribution in [2.75, 3.05) is 0 Å². The van der Waals surface area contributed by atoms with E-state index < -0.39 is 23.5 Å². The van der Waals surface area contributed by atoms with Crippen molar-refractivity contribution < 1.29 is 31.4 Å². The minimum absolute atomic E-state index is 0.0410. The molecule has 21 heavy (non-hydrogen) atoms. The van der Waals surface area contributed by atoms with E-state index in [4.69, 9.17) is 28.3 Å². The Morgan fingerprint density at radius 3 is 1.86 bits per heavy atom.